The lowest BCUT2D eigenvalue weighted by Gasteiger charge is -1.69. The molecular weight excluding hydrogens is 246 g/mol. The van der Waals surface area contributed by atoms with E-state index in [4.69, 9.17) is 14.4 Å². The highest BCUT2D eigenvalue weighted by Crippen LogP contribution is 1.57. The van der Waals surface area contributed by atoms with E-state index >= 15 is 0 Å². The number of rotatable bonds is 0. The first-order valence-corrected chi connectivity index (χ1v) is 3.89. The van der Waals surface area contributed by atoms with Crippen LogP contribution in [0.1, 0.15) is 0 Å². The molecule has 1 heterocycles. The third kappa shape index (κ3) is 225. The number of amides is 6. The molecule has 0 atom stereocenters. The van der Waals surface area contributed by atoms with Crippen LogP contribution in [-0.2, 0) is 0 Å². The molecule has 1 aromatic rings. The van der Waals surface area contributed by atoms with E-state index in [1.807, 2.05) is 0 Å². The fourth-order valence-electron chi connectivity index (χ4n) is 0.205. The van der Waals surface area contributed by atoms with Crippen LogP contribution < -0.4 is 34.4 Å². The van der Waals surface area contributed by atoms with Crippen molar-refractivity contribution in [1.29, 1.82) is 0 Å². The van der Waals surface area contributed by atoms with Gasteiger partial charge in [-0.1, -0.05) is 0 Å². The molecule has 12 N–H and O–H groups in total. The van der Waals surface area contributed by atoms with Crippen LogP contribution in [0.4, 0.5) is 14.4 Å². The zero-order chi connectivity index (χ0) is 15.0. The van der Waals surface area contributed by atoms with Crippen molar-refractivity contribution in [3.63, 3.8) is 0 Å². The molecule has 0 aliphatic heterocycles. The van der Waals surface area contributed by atoms with Crippen molar-refractivity contribution in [2.24, 2.45) is 34.4 Å². The highest BCUT2D eigenvalue weighted by molar-refractivity contribution is 5.69. The quantitative estimate of drug-likeness (QED) is 0.282. The van der Waals surface area contributed by atoms with Gasteiger partial charge in [-0.15, -0.1) is 0 Å². The summed E-state index contributed by atoms with van der Waals surface area (Å²) < 4.78 is 0. The van der Waals surface area contributed by atoms with Crippen LogP contribution in [0.3, 0.4) is 0 Å². The van der Waals surface area contributed by atoms with Crippen LogP contribution in [0.5, 0.6) is 0 Å². The largest absolute Gasteiger partial charge is 0.352 e. The van der Waals surface area contributed by atoms with Crippen molar-refractivity contribution >= 4 is 18.1 Å². The number of hydrogen-bond acceptors (Lipinski definition) is 6. The molecular formula is C6H15N9O3. The Labute approximate surface area is 102 Å². The third-order valence-electron chi connectivity index (χ3n) is 0.400. The molecule has 0 saturated heterocycles. The van der Waals surface area contributed by atoms with Gasteiger partial charge in [0.25, 0.3) is 0 Å². The predicted molar refractivity (Wildman–Crippen MR) is 61.1 cm³/mol. The van der Waals surface area contributed by atoms with Crippen molar-refractivity contribution in [3.05, 3.63) is 19.0 Å². The third-order valence-corrected chi connectivity index (χ3v) is 0.400. The Morgan fingerprint density at radius 1 is 0.556 bits per heavy atom. The minimum atomic E-state index is -0.833. The van der Waals surface area contributed by atoms with Crippen molar-refractivity contribution in [3.8, 4) is 0 Å². The van der Waals surface area contributed by atoms with Gasteiger partial charge in [0, 0.05) is 0 Å². The van der Waals surface area contributed by atoms with Gasteiger partial charge in [-0.05, 0) is 0 Å². The second kappa shape index (κ2) is 16.3. The molecule has 0 saturated carbocycles. The number of aromatic nitrogens is 3. The molecule has 12 heteroatoms. The predicted octanol–water partition coefficient (Wildman–Crippen LogP) is -3.06. The maximum atomic E-state index is 9.00. The van der Waals surface area contributed by atoms with Gasteiger partial charge >= 0.3 is 18.1 Å². The van der Waals surface area contributed by atoms with E-state index in [0.717, 1.165) is 0 Å². The fraction of sp³-hybridized carbons (Fsp3) is 0. The Hall–Kier alpha value is -3.18. The lowest BCUT2D eigenvalue weighted by atomic mass is 11.1. The number of carbonyl (C=O) groups excluding carboxylic acids is 3. The molecule has 0 spiro atoms. The first kappa shape index (κ1) is 20.3. The van der Waals surface area contributed by atoms with Crippen molar-refractivity contribution < 1.29 is 14.4 Å². The summed E-state index contributed by atoms with van der Waals surface area (Å²) in [6.07, 6.45) is 4.31. The number of hydrogen-bond donors (Lipinski definition) is 6. The molecule has 12 nitrogen and oxygen atoms in total. The van der Waals surface area contributed by atoms with Crippen LogP contribution >= 0.6 is 0 Å². The van der Waals surface area contributed by atoms with E-state index < -0.39 is 18.1 Å². The summed E-state index contributed by atoms with van der Waals surface area (Å²) in [6.45, 7) is 0. The molecule has 0 radical (unpaired) electrons. The Morgan fingerprint density at radius 3 is 0.722 bits per heavy atom. The minimum Gasteiger partial charge on any atom is -0.352 e. The molecule has 0 bridgehead atoms. The maximum absolute atomic E-state index is 9.00. The van der Waals surface area contributed by atoms with Gasteiger partial charge in [0.1, 0.15) is 19.0 Å². The zero-order valence-corrected chi connectivity index (χ0v) is 9.26. The topological polar surface area (TPSA) is 246 Å². The van der Waals surface area contributed by atoms with Gasteiger partial charge in [-0.3, -0.25) is 0 Å². The highest BCUT2D eigenvalue weighted by Gasteiger charge is 1.61. The minimum absolute atomic E-state index is 0.833. The molecule has 0 aromatic carbocycles. The van der Waals surface area contributed by atoms with Crippen molar-refractivity contribution in [2.45, 2.75) is 0 Å². The van der Waals surface area contributed by atoms with Crippen LogP contribution in [0.15, 0.2) is 19.0 Å². The van der Waals surface area contributed by atoms with Crippen molar-refractivity contribution in [2.75, 3.05) is 0 Å². The molecule has 0 aliphatic rings. The van der Waals surface area contributed by atoms with E-state index in [-0.39, 0.29) is 0 Å². The molecule has 18 heavy (non-hydrogen) atoms. The Balaban J connectivity index is -0.000000171. The first-order valence-electron chi connectivity index (χ1n) is 3.89. The molecule has 1 rings (SSSR count). The smallest absolute Gasteiger partial charge is 0.309 e. The summed E-state index contributed by atoms with van der Waals surface area (Å²) in [5.41, 5.74) is 25.5. The number of nitrogens with two attached hydrogens (primary N) is 6. The van der Waals surface area contributed by atoms with Crippen LogP contribution in [0.2, 0.25) is 0 Å². The monoisotopic (exact) mass is 261 g/mol. The van der Waals surface area contributed by atoms with Gasteiger partial charge in [0.05, 0.1) is 0 Å². The molecule has 0 aliphatic carbocycles. The molecule has 6 amide bonds. The Kier molecular flexibility index (Phi) is 18.3. The standard InChI is InChI=1S/C3H3N3.3CH4N2O/c1-4-2-6-3-5-1;3*2-1(3)4/h1-3H;3*(H4,2,3,4). The summed E-state index contributed by atoms with van der Waals surface area (Å²) >= 11 is 0. The SMILES string of the molecule is NC(N)=O.NC(N)=O.NC(N)=O.c1ncncn1. The second-order valence-corrected chi connectivity index (χ2v) is 2.00. The summed E-state index contributed by atoms with van der Waals surface area (Å²) in [4.78, 5) is 37.7. The van der Waals surface area contributed by atoms with Gasteiger partial charge < -0.3 is 34.4 Å². The average Bonchev–Trinajstić information content (AvgIpc) is 2.17. The average molecular weight is 261 g/mol. The summed E-state index contributed by atoms with van der Waals surface area (Å²) in [5, 5.41) is 0. The second-order valence-electron chi connectivity index (χ2n) is 2.00. The summed E-state index contributed by atoms with van der Waals surface area (Å²) in [5.74, 6) is 0. The zero-order valence-electron chi connectivity index (χ0n) is 9.26. The molecule has 102 valence electrons. The van der Waals surface area contributed by atoms with E-state index in [0.29, 0.717) is 0 Å². The van der Waals surface area contributed by atoms with Gasteiger partial charge in [0.2, 0.25) is 0 Å². The number of urea groups is 3. The Bertz CT molecular complexity index is 263. The van der Waals surface area contributed by atoms with Crippen LogP contribution in [0, 0.1) is 0 Å². The Morgan fingerprint density at radius 2 is 0.667 bits per heavy atom. The van der Waals surface area contributed by atoms with E-state index in [1.165, 1.54) is 19.0 Å². The molecule has 0 unspecified atom stereocenters. The number of carbonyl (C=O) groups is 3. The number of nitrogens with zero attached hydrogens (tertiary/aromatic N) is 3. The van der Waals surface area contributed by atoms with E-state index in [1.54, 1.807) is 0 Å². The summed E-state index contributed by atoms with van der Waals surface area (Å²) in [7, 11) is 0. The first-order chi connectivity index (χ1) is 8.20. The van der Waals surface area contributed by atoms with Gasteiger partial charge in [0.15, 0.2) is 0 Å². The molecule has 0 fully saturated rings. The highest BCUT2D eigenvalue weighted by atomic mass is 16.2. The van der Waals surface area contributed by atoms with E-state index in [9.17, 15) is 0 Å². The maximum Gasteiger partial charge on any atom is 0.309 e. The summed E-state index contributed by atoms with van der Waals surface area (Å²) in [6, 6.07) is -2.50. The lowest BCUT2D eigenvalue weighted by Crippen LogP contribution is -2.18. The number of primary amides is 6. The lowest BCUT2D eigenvalue weighted by molar-refractivity contribution is 0.255. The normalized spacial score (nSPS) is 6.67. The van der Waals surface area contributed by atoms with Gasteiger partial charge in [-0.25, -0.2) is 29.3 Å². The van der Waals surface area contributed by atoms with Crippen LogP contribution in [-0.4, -0.2) is 33.0 Å². The molecule has 1 aromatic heterocycles. The van der Waals surface area contributed by atoms with E-state index in [2.05, 4.69) is 49.4 Å². The van der Waals surface area contributed by atoms with Gasteiger partial charge in [-0.2, -0.15) is 0 Å². The fourth-order valence-corrected chi connectivity index (χ4v) is 0.205. The van der Waals surface area contributed by atoms with Crippen molar-refractivity contribution in [1.82, 2.24) is 15.0 Å². The van der Waals surface area contributed by atoms with Crippen LogP contribution in [0.25, 0.3) is 0 Å².